The Labute approximate surface area is 173 Å². The fourth-order valence-electron chi connectivity index (χ4n) is 3.10. The Morgan fingerprint density at radius 2 is 1.87 bits per heavy atom. The average Bonchev–Trinajstić information content (AvgIpc) is 3.34. The molecule has 0 radical (unpaired) electrons. The first-order valence-electron chi connectivity index (χ1n) is 9.38. The van der Waals surface area contributed by atoms with Crippen molar-refractivity contribution in [2.75, 3.05) is 12.4 Å². The van der Waals surface area contributed by atoms with Crippen LogP contribution in [0.2, 0.25) is 0 Å². The van der Waals surface area contributed by atoms with Crippen LogP contribution in [0.3, 0.4) is 0 Å². The highest BCUT2D eigenvalue weighted by molar-refractivity contribution is 6.05. The molecular formula is C22H21N5O3. The van der Waals surface area contributed by atoms with Crippen molar-refractivity contribution in [1.29, 1.82) is 0 Å². The zero-order chi connectivity index (χ0) is 21.3. The quantitative estimate of drug-likeness (QED) is 0.539. The third-order valence-corrected chi connectivity index (χ3v) is 4.66. The summed E-state index contributed by atoms with van der Waals surface area (Å²) in [6.45, 7) is 5.50. The summed E-state index contributed by atoms with van der Waals surface area (Å²) in [4.78, 5) is 17.1. The molecule has 8 nitrogen and oxygen atoms in total. The second-order valence-corrected chi connectivity index (χ2v) is 6.91. The van der Waals surface area contributed by atoms with Crippen LogP contribution in [-0.4, -0.2) is 32.9 Å². The Hall–Kier alpha value is -3.94. The molecule has 0 atom stereocenters. The molecule has 0 bridgehead atoms. The zero-order valence-corrected chi connectivity index (χ0v) is 17.1. The van der Waals surface area contributed by atoms with Crippen LogP contribution in [0.5, 0.6) is 5.75 Å². The molecule has 1 amide bonds. The van der Waals surface area contributed by atoms with Gasteiger partial charge in [-0.15, -0.1) is 0 Å². The van der Waals surface area contributed by atoms with Crippen LogP contribution in [0.1, 0.15) is 27.5 Å². The predicted octanol–water partition coefficient (Wildman–Crippen LogP) is 4.11. The van der Waals surface area contributed by atoms with Gasteiger partial charge in [-0.25, -0.2) is 4.68 Å². The minimum atomic E-state index is -0.249. The highest BCUT2D eigenvalue weighted by Gasteiger charge is 2.16. The number of anilines is 1. The van der Waals surface area contributed by atoms with E-state index in [1.165, 1.54) is 0 Å². The standard InChI is InChI=1S/C22H21N5O3/c1-13-5-10-20(29-4)19(11-13)24-22(28)18-12-27(25-14(18)2)17-8-6-16(7-9-17)21-23-15(3)30-26-21/h5-12H,1-4H3,(H,24,28). The van der Waals surface area contributed by atoms with Crippen molar-refractivity contribution in [3.8, 4) is 22.8 Å². The summed E-state index contributed by atoms with van der Waals surface area (Å²) in [5.74, 6) is 1.40. The van der Waals surface area contributed by atoms with E-state index in [4.69, 9.17) is 9.26 Å². The van der Waals surface area contributed by atoms with Gasteiger partial charge in [0.1, 0.15) is 5.75 Å². The Morgan fingerprint density at radius 1 is 1.10 bits per heavy atom. The first kappa shape index (κ1) is 19.4. The number of hydrogen-bond acceptors (Lipinski definition) is 6. The molecular weight excluding hydrogens is 382 g/mol. The molecule has 1 N–H and O–H groups in total. The number of hydrogen-bond donors (Lipinski definition) is 1. The SMILES string of the molecule is COc1ccc(C)cc1NC(=O)c1cn(-c2ccc(-c3noc(C)n3)cc2)nc1C. The van der Waals surface area contributed by atoms with Crippen LogP contribution >= 0.6 is 0 Å². The summed E-state index contributed by atoms with van der Waals surface area (Å²) in [6, 6.07) is 13.2. The fraction of sp³-hybridized carbons (Fsp3) is 0.182. The van der Waals surface area contributed by atoms with Crippen molar-refractivity contribution in [2.24, 2.45) is 0 Å². The van der Waals surface area contributed by atoms with E-state index in [0.29, 0.717) is 34.4 Å². The molecule has 2 aromatic carbocycles. The number of aryl methyl sites for hydroxylation is 3. The molecule has 152 valence electrons. The van der Waals surface area contributed by atoms with E-state index < -0.39 is 0 Å². The number of amides is 1. The maximum Gasteiger partial charge on any atom is 0.259 e. The summed E-state index contributed by atoms with van der Waals surface area (Å²) in [5.41, 5.74) is 4.40. The Kier molecular flexibility index (Phi) is 5.05. The first-order valence-corrected chi connectivity index (χ1v) is 9.38. The molecule has 0 aliphatic carbocycles. The van der Waals surface area contributed by atoms with Crippen LogP contribution in [0, 0.1) is 20.8 Å². The third kappa shape index (κ3) is 3.80. The van der Waals surface area contributed by atoms with E-state index in [0.717, 1.165) is 16.8 Å². The smallest absolute Gasteiger partial charge is 0.259 e. The largest absolute Gasteiger partial charge is 0.495 e. The second kappa shape index (κ2) is 7.82. The van der Waals surface area contributed by atoms with Crippen molar-refractivity contribution in [2.45, 2.75) is 20.8 Å². The molecule has 0 unspecified atom stereocenters. The lowest BCUT2D eigenvalue weighted by Crippen LogP contribution is -2.13. The summed E-state index contributed by atoms with van der Waals surface area (Å²) in [5, 5.41) is 11.3. The number of methoxy groups -OCH3 is 1. The van der Waals surface area contributed by atoms with Gasteiger partial charge >= 0.3 is 0 Å². The summed E-state index contributed by atoms with van der Waals surface area (Å²) >= 11 is 0. The van der Waals surface area contributed by atoms with Crippen LogP contribution in [0.4, 0.5) is 5.69 Å². The van der Waals surface area contributed by atoms with Gasteiger partial charge in [-0.1, -0.05) is 11.2 Å². The molecule has 4 aromatic rings. The van der Waals surface area contributed by atoms with Gasteiger partial charge in [-0.3, -0.25) is 4.79 Å². The van der Waals surface area contributed by atoms with Crippen LogP contribution < -0.4 is 10.1 Å². The van der Waals surface area contributed by atoms with E-state index in [2.05, 4.69) is 20.6 Å². The normalized spacial score (nSPS) is 10.8. The van der Waals surface area contributed by atoms with Crippen molar-refractivity contribution in [3.05, 3.63) is 71.4 Å². The van der Waals surface area contributed by atoms with Gasteiger partial charge in [0.25, 0.3) is 5.91 Å². The number of nitrogens with one attached hydrogen (secondary N) is 1. The number of ether oxygens (including phenoxy) is 1. The first-order chi connectivity index (χ1) is 14.4. The lowest BCUT2D eigenvalue weighted by Gasteiger charge is -2.10. The maximum absolute atomic E-state index is 12.9. The van der Waals surface area contributed by atoms with Gasteiger partial charge in [0.15, 0.2) is 0 Å². The third-order valence-electron chi connectivity index (χ3n) is 4.66. The molecule has 0 saturated carbocycles. The minimum absolute atomic E-state index is 0.249. The Morgan fingerprint density at radius 3 is 2.53 bits per heavy atom. The van der Waals surface area contributed by atoms with E-state index in [-0.39, 0.29) is 5.91 Å². The number of nitrogens with zero attached hydrogens (tertiary/aromatic N) is 4. The zero-order valence-electron chi connectivity index (χ0n) is 17.1. The van der Waals surface area contributed by atoms with Crippen LogP contribution in [0.25, 0.3) is 17.1 Å². The highest BCUT2D eigenvalue weighted by atomic mass is 16.5. The van der Waals surface area contributed by atoms with Crippen molar-refractivity contribution in [3.63, 3.8) is 0 Å². The van der Waals surface area contributed by atoms with E-state index >= 15 is 0 Å². The average molecular weight is 403 g/mol. The van der Waals surface area contributed by atoms with Crippen LogP contribution in [0.15, 0.2) is 53.2 Å². The van der Waals surface area contributed by atoms with Gasteiger partial charge in [0.2, 0.25) is 11.7 Å². The molecule has 0 aliphatic rings. The van der Waals surface area contributed by atoms with Crippen molar-refractivity contribution < 1.29 is 14.1 Å². The summed E-state index contributed by atoms with van der Waals surface area (Å²) in [7, 11) is 1.57. The van der Waals surface area contributed by atoms with Gasteiger partial charge in [-0.05, 0) is 55.8 Å². The van der Waals surface area contributed by atoms with Gasteiger partial charge in [-0.2, -0.15) is 10.1 Å². The van der Waals surface area contributed by atoms with E-state index in [1.807, 2.05) is 49.4 Å². The van der Waals surface area contributed by atoms with Crippen molar-refractivity contribution >= 4 is 11.6 Å². The number of rotatable bonds is 5. The van der Waals surface area contributed by atoms with Crippen LogP contribution in [-0.2, 0) is 0 Å². The van der Waals surface area contributed by atoms with E-state index in [1.54, 1.807) is 31.8 Å². The van der Waals surface area contributed by atoms with Gasteiger partial charge in [0.05, 0.1) is 29.7 Å². The fourth-order valence-corrected chi connectivity index (χ4v) is 3.10. The molecule has 0 aliphatic heterocycles. The monoisotopic (exact) mass is 403 g/mol. The molecule has 2 heterocycles. The number of carbonyl (C=O) groups is 1. The van der Waals surface area contributed by atoms with Crippen molar-refractivity contribution in [1.82, 2.24) is 19.9 Å². The molecule has 8 heteroatoms. The lowest BCUT2D eigenvalue weighted by atomic mass is 10.2. The highest BCUT2D eigenvalue weighted by Crippen LogP contribution is 2.26. The second-order valence-electron chi connectivity index (χ2n) is 6.91. The summed E-state index contributed by atoms with van der Waals surface area (Å²) < 4.78 is 12.0. The molecule has 0 fully saturated rings. The number of carbonyl (C=O) groups excluding carboxylic acids is 1. The lowest BCUT2D eigenvalue weighted by molar-refractivity contribution is 0.102. The Balaban J connectivity index is 1.57. The number of benzene rings is 2. The topological polar surface area (TPSA) is 95.1 Å². The molecule has 0 spiro atoms. The number of aromatic nitrogens is 4. The molecule has 2 aromatic heterocycles. The summed E-state index contributed by atoms with van der Waals surface area (Å²) in [6.07, 6.45) is 1.71. The minimum Gasteiger partial charge on any atom is -0.495 e. The molecule has 30 heavy (non-hydrogen) atoms. The predicted molar refractivity (Wildman–Crippen MR) is 112 cm³/mol. The Bertz CT molecular complexity index is 1210. The molecule has 0 saturated heterocycles. The van der Waals surface area contributed by atoms with E-state index in [9.17, 15) is 4.79 Å². The van der Waals surface area contributed by atoms with Gasteiger partial charge < -0.3 is 14.6 Å². The molecule has 4 rings (SSSR count). The maximum atomic E-state index is 12.9. The van der Waals surface area contributed by atoms with Gasteiger partial charge in [0, 0.05) is 18.7 Å².